The molecule has 1 aromatic carbocycles. The van der Waals surface area contributed by atoms with Crippen LogP contribution in [0.15, 0.2) is 18.2 Å². The fourth-order valence-corrected chi connectivity index (χ4v) is 2.16. The number of benzene rings is 1. The highest BCUT2D eigenvalue weighted by Crippen LogP contribution is 2.29. The van der Waals surface area contributed by atoms with E-state index < -0.39 is 0 Å². The van der Waals surface area contributed by atoms with Crippen LogP contribution in [-0.2, 0) is 4.79 Å². The van der Waals surface area contributed by atoms with Gasteiger partial charge in [-0.25, -0.2) is 0 Å². The third-order valence-corrected chi connectivity index (χ3v) is 3.60. The molecule has 0 radical (unpaired) electrons. The van der Waals surface area contributed by atoms with Gasteiger partial charge in [0.2, 0.25) is 5.91 Å². The maximum Gasteiger partial charge on any atom is 0.224 e. The Morgan fingerprint density at radius 2 is 1.95 bits per heavy atom. The summed E-state index contributed by atoms with van der Waals surface area (Å²) in [4.78, 5) is 11.9. The summed E-state index contributed by atoms with van der Waals surface area (Å²) in [5.41, 5.74) is 0.828. The number of hydrogen-bond acceptors (Lipinski definition) is 2. The Labute approximate surface area is 130 Å². The summed E-state index contributed by atoms with van der Waals surface area (Å²) in [5.74, 6) is -0.0942. The Morgan fingerprint density at radius 3 is 2.53 bits per heavy atom. The van der Waals surface area contributed by atoms with Gasteiger partial charge in [-0.05, 0) is 25.6 Å². The van der Waals surface area contributed by atoms with Gasteiger partial charge in [-0.2, -0.15) is 0 Å². The van der Waals surface area contributed by atoms with Crippen LogP contribution in [0.2, 0.25) is 10.0 Å². The highest BCUT2D eigenvalue weighted by Gasteiger charge is 2.17. The molecule has 108 valence electrons. The third-order valence-electron chi connectivity index (χ3n) is 2.76. The first-order chi connectivity index (χ1) is 8.47. The van der Waals surface area contributed by atoms with Crippen LogP contribution in [-0.4, -0.2) is 19.5 Å². The molecule has 2 unspecified atom stereocenters. The summed E-state index contributed by atoms with van der Waals surface area (Å²) in [6.07, 6.45) is 0. The number of nitrogens with one attached hydrogen (secondary N) is 2. The van der Waals surface area contributed by atoms with E-state index in [1.54, 1.807) is 6.07 Å². The molecule has 1 rings (SSSR count). The van der Waals surface area contributed by atoms with Gasteiger partial charge in [0.25, 0.3) is 0 Å². The van der Waals surface area contributed by atoms with E-state index in [0.717, 1.165) is 5.56 Å². The number of carbonyl (C=O) groups is 1. The molecule has 2 atom stereocenters. The largest absolute Gasteiger partial charge is 0.349 e. The average Bonchev–Trinajstić information content (AvgIpc) is 2.32. The Balaban J connectivity index is 0.00000324. The second-order valence-electron chi connectivity index (χ2n) is 4.33. The number of halogens is 3. The fraction of sp³-hybridized carbons (Fsp3) is 0.462. The van der Waals surface area contributed by atoms with Crippen molar-refractivity contribution in [3.63, 3.8) is 0 Å². The lowest BCUT2D eigenvalue weighted by Crippen LogP contribution is -2.35. The van der Waals surface area contributed by atoms with E-state index in [2.05, 4.69) is 10.6 Å². The lowest BCUT2D eigenvalue weighted by molar-refractivity contribution is -0.125. The van der Waals surface area contributed by atoms with E-state index in [1.807, 2.05) is 33.0 Å². The van der Waals surface area contributed by atoms with Gasteiger partial charge in [-0.15, -0.1) is 12.4 Å². The van der Waals surface area contributed by atoms with Gasteiger partial charge in [-0.1, -0.05) is 42.3 Å². The van der Waals surface area contributed by atoms with Crippen molar-refractivity contribution >= 4 is 41.5 Å². The number of rotatable bonds is 5. The minimum atomic E-state index is -0.164. The average molecular weight is 326 g/mol. The topological polar surface area (TPSA) is 41.1 Å². The van der Waals surface area contributed by atoms with Crippen LogP contribution in [0.3, 0.4) is 0 Å². The van der Waals surface area contributed by atoms with Crippen LogP contribution >= 0.6 is 35.6 Å². The molecule has 3 nitrogen and oxygen atoms in total. The van der Waals surface area contributed by atoms with Crippen LogP contribution in [0.25, 0.3) is 0 Å². The van der Waals surface area contributed by atoms with Crippen LogP contribution in [0, 0.1) is 5.92 Å². The summed E-state index contributed by atoms with van der Waals surface area (Å²) < 4.78 is 0. The molecular formula is C13H19Cl3N2O. The van der Waals surface area contributed by atoms with Crippen LogP contribution in [0.1, 0.15) is 25.5 Å². The molecule has 1 amide bonds. The maximum absolute atomic E-state index is 11.9. The van der Waals surface area contributed by atoms with Crippen molar-refractivity contribution in [2.24, 2.45) is 5.92 Å². The lowest BCUT2D eigenvalue weighted by atomic mass is 10.1. The molecular weight excluding hydrogens is 307 g/mol. The van der Waals surface area contributed by atoms with Gasteiger partial charge in [0, 0.05) is 12.5 Å². The second kappa shape index (κ2) is 8.64. The smallest absolute Gasteiger partial charge is 0.224 e. The Hall–Kier alpha value is -0.480. The first-order valence-corrected chi connectivity index (χ1v) is 6.61. The first-order valence-electron chi connectivity index (χ1n) is 5.86. The van der Waals surface area contributed by atoms with Gasteiger partial charge in [-0.3, -0.25) is 4.79 Å². The van der Waals surface area contributed by atoms with E-state index in [4.69, 9.17) is 23.2 Å². The molecule has 0 heterocycles. The van der Waals surface area contributed by atoms with Gasteiger partial charge < -0.3 is 10.6 Å². The van der Waals surface area contributed by atoms with Crippen LogP contribution < -0.4 is 10.6 Å². The summed E-state index contributed by atoms with van der Waals surface area (Å²) in [7, 11) is 1.82. The molecule has 0 aliphatic heterocycles. The molecule has 0 aliphatic rings. The molecule has 0 aliphatic carbocycles. The Morgan fingerprint density at radius 1 is 1.32 bits per heavy atom. The number of amides is 1. The molecule has 1 aromatic rings. The Kier molecular flexibility index (Phi) is 8.42. The summed E-state index contributed by atoms with van der Waals surface area (Å²) in [6, 6.07) is 5.25. The molecule has 2 N–H and O–H groups in total. The van der Waals surface area contributed by atoms with Crippen LogP contribution in [0.4, 0.5) is 0 Å². The summed E-state index contributed by atoms with van der Waals surface area (Å²) in [5, 5.41) is 6.89. The second-order valence-corrected chi connectivity index (χ2v) is 5.12. The standard InChI is InChI=1S/C13H18Cl2N2O.ClH/c1-8(7-16-3)13(18)17-9(2)10-5-4-6-11(14)12(10)15;/h4-6,8-9,16H,7H2,1-3H3,(H,17,18);1H. The first kappa shape index (κ1) is 18.5. The highest BCUT2D eigenvalue weighted by atomic mass is 35.5. The van der Waals surface area contributed by atoms with Crippen molar-refractivity contribution in [3.8, 4) is 0 Å². The van der Waals surface area contributed by atoms with Gasteiger partial charge in [0.05, 0.1) is 16.1 Å². The SMILES string of the molecule is CNCC(C)C(=O)NC(C)c1cccc(Cl)c1Cl.Cl. The normalized spacial score (nSPS) is 13.3. The monoisotopic (exact) mass is 324 g/mol. The minimum absolute atomic E-state index is 0. The quantitative estimate of drug-likeness (QED) is 0.870. The zero-order valence-electron chi connectivity index (χ0n) is 11.2. The van der Waals surface area contributed by atoms with E-state index in [-0.39, 0.29) is 30.3 Å². The van der Waals surface area contributed by atoms with Crippen molar-refractivity contribution in [1.29, 1.82) is 0 Å². The number of hydrogen-bond donors (Lipinski definition) is 2. The van der Waals surface area contributed by atoms with E-state index >= 15 is 0 Å². The minimum Gasteiger partial charge on any atom is -0.349 e. The van der Waals surface area contributed by atoms with Crippen molar-refractivity contribution in [3.05, 3.63) is 33.8 Å². The van der Waals surface area contributed by atoms with Crippen molar-refractivity contribution in [2.45, 2.75) is 19.9 Å². The van der Waals surface area contributed by atoms with E-state index in [1.165, 1.54) is 0 Å². The molecule has 0 saturated carbocycles. The fourth-order valence-electron chi connectivity index (χ4n) is 1.69. The molecule has 0 spiro atoms. The zero-order chi connectivity index (χ0) is 13.7. The van der Waals surface area contributed by atoms with Gasteiger partial charge in [0.15, 0.2) is 0 Å². The summed E-state index contributed by atoms with van der Waals surface area (Å²) in [6.45, 7) is 4.40. The number of carbonyl (C=O) groups excluding carboxylic acids is 1. The molecule has 19 heavy (non-hydrogen) atoms. The van der Waals surface area contributed by atoms with Crippen molar-refractivity contribution < 1.29 is 4.79 Å². The highest BCUT2D eigenvalue weighted by molar-refractivity contribution is 6.42. The zero-order valence-corrected chi connectivity index (χ0v) is 13.5. The predicted molar refractivity (Wildman–Crippen MR) is 83.4 cm³/mol. The van der Waals surface area contributed by atoms with Crippen LogP contribution in [0.5, 0.6) is 0 Å². The van der Waals surface area contributed by atoms with Gasteiger partial charge in [0.1, 0.15) is 0 Å². The molecule has 0 fully saturated rings. The van der Waals surface area contributed by atoms with Gasteiger partial charge >= 0.3 is 0 Å². The maximum atomic E-state index is 11.9. The van der Waals surface area contributed by atoms with Crippen molar-refractivity contribution in [2.75, 3.05) is 13.6 Å². The molecule has 6 heteroatoms. The molecule has 0 bridgehead atoms. The van der Waals surface area contributed by atoms with Crippen molar-refractivity contribution in [1.82, 2.24) is 10.6 Å². The van der Waals surface area contributed by atoms with E-state index in [9.17, 15) is 4.79 Å². The molecule has 0 saturated heterocycles. The third kappa shape index (κ3) is 5.19. The molecule has 0 aromatic heterocycles. The Bertz CT molecular complexity index is 426. The predicted octanol–water partition coefficient (Wildman–Crippen LogP) is 3.45. The lowest BCUT2D eigenvalue weighted by Gasteiger charge is -2.19. The summed E-state index contributed by atoms with van der Waals surface area (Å²) >= 11 is 12.1. The van der Waals surface area contributed by atoms with E-state index in [0.29, 0.717) is 16.6 Å².